The molecular weight excluding hydrogens is 424 g/mol. The van der Waals surface area contributed by atoms with Gasteiger partial charge in [-0.05, 0) is 55.0 Å². The highest BCUT2D eigenvalue weighted by Gasteiger charge is 2.39. The van der Waals surface area contributed by atoms with Crippen LogP contribution in [0.4, 0.5) is 0 Å². The Labute approximate surface area is 160 Å². The van der Waals surface area contributed by atoms with Gasteiger partial charge >= 0.3 is 0 Å². The summed E-state index contributed by atoms with van der Waals surface area (Å²) in [5.74, 6) is -0.213. The fraction of sp³-hybridized carbons (Fsp3) is 0.353. The molecule has 1 aliphatic rings. The fourth-order valence-electron chi connectivity index (χ4n) is 2.91. The van der Waals surface area contributed by atoms with Gasteiger partial charge in [0, 0.05) is 22.4 Å². The lowest BCUT2D eigenvalue weighted by Crippen LogP contribution is -2.46. The van der Waals surface area contributed by atoms with Crippen LogP contribution < -0.4 is 5.32 Å². The molecule has 1 atom stereocenters. The van der Waals surface area contributed by atoms with Crippen molar-refractivity contribution in [1.82, 2.24) is 9.62 Å². The van der Waals surface area contributed by atoms with E-state index >= 15 is 0 Å². The van der Waals surface area contributed by atoms with Crippen molar-refractivity contribution in [2.45, 2.75) is 30.2 Å². The van der Waals surface area contributed by atoms with Crippen LogP contribution in [0.1, 0.15) is 17.7 Å². The number of halogens is 1. The van der Waals surface area contributed by atoms with Crippen molar-refractivity contribution in [3.05, 3.63) is 51.1 Å². The van der Waals surface area contributed by atoms with Gasteiger partial charge in [0.2, 0.25) is 15.9 Å². The summed E-state index contributed by atoms with van der Waals surface area (Å²) in [6.45, 7) is 0.892. The summed E-state index contributed by atoms with van der Waals surface area (Å²) in [6, 6.07) is 9.88. The first-order valence-electron chi connectivity index (χ1n) is 8.06. The average Bonchev–Trinajstić information content (AvgIpc) is 3.27. The van der Waals surface area contributed by atoms with Gasteiger partial charge in [-0.15, -0.1) is 11.3 Å². The quantitative estimate of drug-likeness (QED) is 0.747. The third kappa shape index (κ3) is 4.31. The number of carbonyl (C=O) groups excluding carboxylic acids is 1. The maximum Gasteiger partial charge on any atom is 0.243 e. The van der Waals surface area contributed by atoms with Crippen LogP contribution >= 0.6 is 27.3 Å². The predicted molar refractivity (Wildman–Crippen MR) is 102 cm³/mol. The highest BCUT2D eigenvalue weighted by Crippen LogP contribution is 2.27. The van der Waals surface area contributed by atoms with E-state index in [0.29, 0.717) is 25.9 Å². The first kappa shape index (κ1) is 18.6. The lowest BCUT2D eigenvalue weighted by molar-refractivity contribution is -0.124. The summed E-state index contributed by atoms with van der Waals surface area (Å²) in [4.78, 5) is 13.9. The summed E-state index contributed by atoms with van der Waals surface area (Å²) in [5.41, 5.74) is 0. The van der Waals surface area contributed by atoms with Crippen LogP contribution in [0.2, 0.25) is 0 Å². The minimum atomic E-state index is -3.66. The molecule has 1 N–H and O–H groups in total. The first-order valence-corrected chi connectivity index (χ1v) is 11.2. The van der Waals surface area contributed by atoms with Gasteiger partial charge in [-0.25, -0.2) is 8.42 Å². The molecule has 1 saturated heterocycles. The first-order chi connectivity index (χ1) is 12.0. The Morgan fingerprint density at radius 1 is 1.28 bits per heavy atom. The molecule has 5 nitrogen and oxygen atoms in total. The predicted octanol–water partition coefficient (Wildman–Crippen LogP) is 3.02. The molecule has 0 saturated carbocycles. The third-order valence-corrected chi connectivity index (χ3v) is 7.56. The van der Waals surface area contributed by atoms with Crippen LogP contribution in [0.3, 0.4) is 0 Å². The molecule has 1 aliphatic heterocycles. The molecule has 2 heterocycles. The van der Waals surface area contributed by atoms with Crippen molar-refractivity contribution in [1.29, 1.82) is 0 Å². The third-order valence-electron chi connectivity index (χ3n) is 4.18. The van der Waals surface area contributed by atoms with Gasteiger partial charge in [0.1, 0.15) is 6.04 Å². The van der Waals surface area contributed by atoms with Crippen LogP contribution in [0.5, 0.6) is 0 Å². The van der Waals surface area contributed by atoms with Crippen LogP contribution in [-0.4, -0.2) is 37.8 Å². The number of rotatable bonds is 6. The van der Waals surface area contributed by atoms with Crippen molar-refractivity contribution < 1.29 is 13.2 Å². The normalized spacial score (nSPS) is 18.4. The van der Waals surface area contributed by atoms with Gasteiger partial charge in [-0.3, -0.25) is 4.79 Å². The van der Waals surface area contributed by atoms with E-state index in [1.807, 2.05) is 17.5 Å². The van der Waals surface area contributed by atoms with Gasteiger partial charge < -0.3 is 5.32 Å². The molecule has 0 bridgehead atoms. The topological polar surface area (TPSA) is 66.5 Å². The van der Waals surface area contributed by atoms with E-state index in [-0.39, 0.29) is 10.8 Å². The van der Waals surface area contributed by atoms with Crippen LogP contribution in [0, 0.1) is 0 Å². The maximum absolute atomic E-state index is 12.9. The van der Waals surface area contributed by atoms with Gasteiger partial charge in [-0.1, -0.05) is 22.0 Å². The summed E-state index contributed by atoms with van der Waals surface area (Å²) in [5, 5.41) is 4.88. The molecule has 25 heavy (non-hydrogen) atoms. The number of hydrogen-bond acceptors (Lipinski definition) is 4. The number of hydrogen-bond donors (Lipinski definition) is 1. The van der Waals surface area contributed by atoms with E-state index in [1.54, 1.807) is 35.6 Å². The largest absolute Gasteiger partial charge is 0.354 e. The number of benzene rings is 1. The number of nitrogens with zero attached hydrogens (tertiary/aromatic N) is 1. The van der Waals surface area contributed by atoms with E-state index in [9.17, 15) is 13.2 Å². The van der Waals surface area contributed by atoms with E-state index in [2.05, 4.69) is 21.2 Å². The number of thiophene rings is 1. The second kappa shape index (κ2) is 7.99. The molecule has 0 radical (unpaired) electrons. The summed E-state index contributed by atoms with van der Waals surface area (Å²) in [6.07, 6.45) is 2.01. The standard InChI is InChI=1S/C17H19BrN2O3S2/c18-13-5-7-15(8-6-13)25(22,23)20-11-1-4-16(20)17(21)19-10-9-14-3-2-12-24-14/h2-3,5-8,12,16H,1,4,9-11H2,(H,19,21)/t16-/m0/s1. The van der Waals surface area contributed by atoms with Crippen molar-refractivity contribution in [2.75, 3.05) is 13.1 Å². The summed E-state index contributed by atoms with van der Waals surface area (Å²) >= 11 is 4.95. The molecule has 1 aromatic carbocycles. The van der Waals surface area contributed by atoms with E-state index in [4.69, 9.17) is 0 Å². The number of sulfonamides is 1. The Bertz CT molecular complexity index is 820. The van der Waals surface area contributed by atoms with Crippen molar-refractivity contribution in [3.8, 4) is 0 Å². The van der Waals surface area contributed by atoms with Crippen molar-refractivity contribution >= 4 is 43.2 Å². The highest BCUT2D eigenvalue weighted by molar-refractivity contribution is 9.10. The highest BCUT2D eigenvalue weighted by atomic mass is 79.9. The van der Waals surface area contributed by atoms with Crippen LogP contribution in [0.25, 0.3) is 0 Å². The summed E-state index contributed by atoms with van der Waals surface area (Å²) < 4.78 is 27.9. The molecule has 8 heteroatoms. The molecule has 1 amide bonds. The molecule has 1 fully saturated rings. The van der Waals surface area contributed by atoms with Gasteiger partial charge in [0.25, 0.3) is 0 Å². The Morgan fingerprint density at radius 2 is 2.04 bits per heavy atom. The SMILES string of the molecule is O=C(NCCc1cccs1)[C@@H]1CCCN1S(=O)(=O)c1ccc(Br)cc1. The number of carbonyl (C=O) groups is 1. The van der Waals surface area contributed by atoms with Crippen LogP contribution in [-0.2, 0) is 21.2 Å². The monoisotopic (exact) mass is 442 g/mol. The fourth-order valence-corrected chi connectivity index (χ4v) is 5.54. The molecule has 2 aromatic rings. The van der Waals surface area contributed by atoms with E-state index in [1.165, 1.54) is 9.18 Å². The number of amides is 1. The Balaban J connectivity index is 1.66. The number of nitrogens with one attached hydrogen (secondary N) is 1. The molecular formula is C17H19BrN2O3S2. The van der Waals surface area contributed by atoms with E-state index in [0.717, 1.165) is 10.9 Å². The Morgan fingerprint density at radius 3 is 2.72 bits per heavy atom. The average molecular weight is 443 g/mol. The smallest absolute Gasteiger partial charge is 0.243 e. The summed E-state index contributed by atoms with van der Waals surface area (Å²) in [7, 11) is -3.66. The molecule has 3 rings (SSSR count). The lowest BCUT2D eigenvalue weighted by Gasteiger charge is -2.23. The zero-order valence-corrected chi connectivity index (χ0v) is 16.7. The Kier molecular flexibility index (Phi) is 5.93. The van der Waals surface area contributed by atoms with Gasteiger partial charge in [-0.2, -0.15) is 4.31 Å². The van der Waals surface area contributed by atoms with Gasteiger partial charge in [0.05, 0.1) is 4.90 Å². The molecule has 1 aromatic heterocycles. The lowest BCUT2D eigenvalue weighted by atomic mass is 10.2. The zero-order valence-electron chi connectivity index (χ0n) is 13.5. The molecule has 134 valence electrons. The molecule has 0 aliphatic carbocycles. The Hall–Kier alpha value is -1.22. The van der Waals surface area contributed by atoms with Gasteiger partial charge in [0.15, 0.2) is 0 Å². The minimum Gasteiger partial charge on any atom is -0.354 e. The zero-order chi connectivity index (χ0) is 17.9. The maximum atomic E-state index is 12.9. The second-order valence-electron chi connectivity index (χ2n) is 5.85. The second-order valence-corrected chi connectivity index (χ2v) is 9.69. The van der Waals surface area contributed by atoms with Crippen molar-refractivity contribution in [3.63, 3.8) is 0 Å². The molecule has 0 unspecified atom stereocenters. The molecule has 0 spiro atoms. The van der Waals surface area contributed by atoms with Crippen LogP contribution in [0.15, 0.2) is 51.1 Å². The van der Waals surface area contributed by atoms with Crippen molar-refractivity contribution in [2.24, 2.45) is 0 Å². The minimum absolute atomic E-state index is 0.213. The van der Waals surface area contributed by atoms with E-state index < -0.39 is 16.1 Å².